The number of aliphatic hydroxyl groups is 1. The van der Waals surface area contributed by atoms with Crippen molar-refractivity contribution in [3.05, 3.63) is 66.0 Å². The fourth-order valence-corrected chi connectivity index (χ4v) is 3.53. The molecule has 2 heterocycles. The van der Waals surface area contributed by atoms with Crippen LogP contribution in [0, 0.1) is 0 Å². The fraction of sp³-hybridized carbons (Fsp3) is 0.333. The van der Waals surface area contributed by atoms with Crippen LogP contribution in [0.5, 0.6) is 0 Å². The van der Waals surface area contributed by atoms with E-state index in [-0.39, 0.29) is 12.5 Å². The average molecular weight is 364 g/mol. The summed E-state index contributed by atoms with van der Waals surface area (Å²) in [7, 11) is 0. The molecule has 6 nitrogen and oxygen atoms in total. The van der Waals surface area contributed by atoms with Crippen LogP contribution in [0.1, 0.15) is 41.0 Å². The Morgan fingerprint density at radius 1 is 1.26 bits per heavy atom. The minimum absolute atomic E-state index is 0.148. The van der Waals surface area contributed by atoms with Gasteiger partial charge in [-0.05, 0) is 47.9 Å². The van der Waals surface area contributed by atoms with Gasteiger partial charge in [-0.25, -0.2) is 0 Å². The SMILES string of the molecule is O=C(NCC(O)c1ccc2ccccc2c1)c1ccn(C2CCCNC2)n1. The first-order valence-electron chi connectivity index (χ1n) is 9.41. The molecule has 1 aromatic heterocycles. The van der Waals surface area contributed by atoms with Crippen molar-refractivity contribution >= 4 is 16.7 Å². The number of aromatic nitrogens is 2. The van der Waals surface area contributed by atoms with E-state index in [9.17, 15) is 9.90 Å². The summed E-state index contributed by atoms with van der Waals surface area (Å²) in [6.07, 6.45) is 3.27. The van der Waals surface area contributed by atoms with E-state index in [4.69, 9.17) is 0 Å². The second kappa shape index (κ2) is 7.90. The van der Waals surface area contributed by atoms with Crippen molar-refractivity contribution in [1.29, 1.82) is 0 Å². The van der Waals surface area contributed by atoms with Gasteiger partial charge < -0.3 is 15.7 Å². The molecule has 1 fully saturated rings. The number of aliphatic hydroxyl groups excluding tert-OH is 1. The average Bonchev–Trinajstić information content (AvgIpc) is 3.22. The lowest BCUT2D eigenvalue weighted by Gasteiger charge is -2.22. The van der Waals surface area contributed by atoms with Crippen LogP contribution in [0.2, 0.25) is 0 Å². The van der Waals surface area contributed by atoms with Crippen molar-refractivity contribution in [1.82, 2.24) is 20.4 Å². The number of piperidine rings is 1. The monoisotopic (exact) mass is 364 g/mol. The molecule has 1 aliphatic heterocycles. The van der Waals surface area contributed by atoms with Gasteiger partial charge in [-0.3, -0.25) is 9.48 Å². The van der Waals surface area contributed by atoms with E-state index in [1.807, 2.05) is 53.3 Å². The Hall–Kier alpha value is -2.70. The lowest BCUT2D eigenvalue weighted by atomic mass is 10.0. The highest BCUT2D eigenvalue weighted by Crippen LogP contribution is 2.20. The summed E-state index contributed by atoms with van der Waals surface area (Å²) >= 11 is 0. The maximum absolute atomic E-state index is 12.4. The summed E-state index contributed by atoms with van der Waals surface area (Å²) in [6, 6.07) is 15.9. The van der Waals surface area contributed by atoms with Crippen LogP contribution in [0.4, 0.5) is 0 Å². The van der Waals surface area contributed by atoms with Gasteiger partial charge >= 0.3 is 0 Å². The summed E-state index contributed by atoms with van der Waals surface area (Å²) < 4.78 is 1.86. The molecule has 2 aromatic carbocycles. The zero-order valence-electron chi connectivity index (χ0n) is 15.1. The van der Waals surface area contributed by atoms with Gasteiger partial charge in [0.25, 0.3) is 5.91 Å². The van der Waals surface area contributed by atoms with Crippen LogP contribution >= 0.6 is 0 Å². The molecule has 6 heteroatoms. The zero-order valence-corrected chi connectivity index (χ0v) is 15.1. The van der Waals surface area contributed by atoms with Gasteiger partial charge in [0.2, 0.25) is 0 Å². The topological polar surface area (TPSA) is 79.2 Å². The van der Waals surface area contributed by atoms with Crippen molar-refractivity contribution < 1.29 is 9.90 Å². The largest absolute Gasteiger partial charge is 0.387 e. The molecule has 0 bridgehead atoms. The molecule has 27 heavy (non-hydrogen) atoms. The van der Waals surface area contributed by atoms with Crippen LogP contribution in [0.25, 0.3) is 10.8 Å². The molecule has 140 valence electrons. The maximum atomic E-state index is 12.4. The first kappa shape index (κ1) is 17.7. The Bertz CT molecular complexity index is 931. The molecule has 0 spiro atoms. The third-order valence-corrected chi connectivity index (χ3v) is 5.10. The zero-order chi connectivity index (χ0) is 18.6. The summed E-state index contributed by atoms with van der Waals surface area (Å²) in [5.74, 6) is -0.266. The highest BCUT2D eigenvalue weighted by molar-refractivity contribution is 5.92. The molecule has 1 amide bonds. The Morgan fingerprint density at radius 3 is 2.93 bits per heavy atom. The van der Waals surface area contributed by atoms with Crippen LogP contribution in [-0.4, -0.2) is 40.4 Å². The Kier molecular flexibility index (Phi) is 5.18. The summed E-state index contributed by atoms with van der Waals surface area (Å²) in [5, 5.41) is 23.2. The Balaban J connectivity index is 1.37. The number of amides is 1. The van der Waals surface area contributed by atoms with E-state index in [1.54, 1.807) is 6.07 Å². The van der Waals surface area contributed by atoms with Gasteiger partial charge in [-0.15, -0.1) is 0 Å². The molecular weight excluding hydrogens is 340 g/mol. The van der Waals surface area contributed by atoms with Gasteiger partial charge in [-0.1, -0.05) is 36.4 Å². The number of nitrogens with one attached hydrogen (secondary N) is 2. The third kappa shape index (κ3) is 4.02. The van der Waals surface area contributed by atoms with Crippen LogP contribution in [0.15, 0.2) is 54.7 Å². The predicted molar refractivity (Wildman–Crippen MR) is 105 cm³/mol. The number of carbonyl (C=O) groups excluding carboxylic acids is 1. The molecule has 0 saturated carbocycles. The quantitative estimate of drug-likeness (QED) is 0.650. The fourth-order valence-electron chi connectivity index (χ4n) is 3.53. The van der Waals surface area contributed by atoms with E-state index in [0.717, 1.165) is 42.3 Å². The Labute approximate surface area is 158 Å². The summed E-state index contributed by atoms with van der Waals surface area (Å²) in [4.78, 5) is 12.4. The van der Waals surface area contributed by atoms with Crippen molar-refractivity contribution in [2.75, 3.05) is 19.6 Å². The van der Waals surface area contributed by atoms with E-state index in [0.29, 0.717) is 11.7 Å². The smallest absolute Gasteiger partial charge is 0.271 e. The number of rotatable bonds is 5. The molecule has 3 N–H and O–H groups in total. The molecule has 4 rings (SSSR count). The molecule has 1 saturated heterocycles. The second-order valence-electron chi connectivity index (χ2n) is 7.01. The number of hydrogen-bond donors (Lipinski definition) is 3. The summed E-state index contributed by atoms with van der Waals surface area (Å²) in [6.45, 7) is 2.07. The lowest BCUT2D eigenvalue weighted by molar-refractivity contribution is 0.0910. The predicted octanol–water partition coefficient (Wildman–Crippen LogP) is 2.42. The molecule has 0 radical (unpaired) electrons. The third-order valence-electron chi connectivity index (χ3n) is 5.10. The number of hydrogen-bond acceptors (Lipinski definition) is 4. The first-order valence-corrected chi connectivity index (χ1v) is 9.41. The van der Waals surface area contributed by atoms with Gasteiger partial charge in [-0.2, -0.15) is 5.10 Å². The standard InChI is InChI=1S/C21H24N4O2/c26-20(17-8-7-15-4-1-2-5-16(15)12-17)14-23-21(27)19-9-11-25(24-19)18-6-3-10-22-13-18/h1-2,4-5,7-9,11-12,18,20,22,26H,3,6,10,13-14H2,(H,23,27). The summed E-state index contributed by atoms with van der Waals surface area (Å²) in [5.41, 5.74) is 1.17. The maximum Gasteiger partial charge on any atom is 0.271 e. The highest BCUT2D eigenvalue weighted by Gasteiger charge is 2.18. The minimum Gasteiger partial charge on any atom is -0.387 e. The number of benzene rings is 2. The van der Waals surface area contributed by atoms with Crippen LogP contribution < -0.4 is 10.6 Å². The molecule has 0 aliphatic carbocycles. The van der Waals surface area contributed by atoms with Gasteiger partial charge in [0.15, 0.2) is 0 Å². The van der Waals surface area contributed by atoms with Crippen LogP contribution in [0.3, 0.4) is 0 Å². The van der Waals surface area contributed by atoms with Gasteiger partial charge in [0, 0.05) is 19.3 Å². The number of carbonyl (C=O) groups is 1. The van der Waals surface area contributed by atoms with Crippen molar-refractivity contribution in [3.8, 4) is 0 Å². The van der Waals surface area contributed by atoms with Gasteiger partial charge in [0.05, 0.1) is 12.1 Å². The molecule has 1 aliphatic rings. The van der Waals surface area contributed by atoms with Crippen molar-refractivity contribution in [3.63, 3.8) is 0 Å². The first-order chi connectivity index (χ1) is 13.2. The molecular formula is C21H24N4O2. The second-order valence-corrected chi connectivity index (χ2v) is 7.01. The van der Waals surface area contributed by atoms with E-state index in [1.165, 1.54) is 0 Å². The Morgan fingerprint density at radius 2 is 2.11 bits per heavy atom. The molecule has 2 unspecified atom stereocenters. The van der Waals surface area contributed by atoms with E-state index in [2.05, 4.69) is 15.7 Å². The highest BCUT2D eigenvalue weighted by atomic mass is 16.3. The number of nitrogens with zero attached hydrogens (tertiary/aromatic N) is 2. The van der Waals surface area contributed by atoms with Crippen LogP contribution in [-0.2, 0) is 0 Å². The van der Waals surface area contributed by atoms with Crippen molar-refractivity contribution in [2.24, 2.45) is 0 Å². The minimum atomic E-state index is -0.761. The van der Waals surface area contributed by atoms with Gasteiger partial charge in [0.1, 0.15) is 5.69 Å². The van der Waals surface area contributed by atoms with E-state index >= 15 is 0 Å². The van der Waals surface area contributed by atoms with Crippen molar-refractivity contribution in [2.45, 2.75) is 25.0 Å². The van der Waals surface area contributed by atoms with E-state index < -0.39 is 6.10 Å². The molecule has 2 atom stereocenters. The molecule has 3 aromatic rings. The lowest BCUT2D eigenvalue weighted by Crippen LogP contribution is -2.32. The normalized spacial score (nSPS) is 18.3. The number of fused-ring (bicyclic) bond motifs is 1.